The van der Waals surface area contributed by atoms with Crippen molar-refractivity contribution in [3.05, 3.63) is 30.1 Å². The van der Waals surface area contributed by atoms with E-state index < -0.39 is 18.2 Å². The van der Waals surface area contributed by atoms with Gasteiger partial charge in [0.2, 0.25) is 0 Å². The normalized spacial score (nSPS) is 14.3. The first kappa shape index (κ1) is 13.5. The molecule has 0 fully saturated rings. The van der Waals surface area contributed by atoms with Crippen molar-refractivity contribution in [1.29, 1.82) is 0 Å². The van der Waals surface area contributed by atoms with E-state index in [1.165, 1.54) is 0 Å². The predicted molar refractivity (Wildman–Crippen MR) is 68.3 cm³/mol. The van der Waals surface area contributed by atoms with Gasteiger partial charge in [0, 0.05) is 0 Å². The van der Waals surface area contributed by atoms with Gasteiger partial charge in [0.05, 0.1) is 36.5 Å². The summed E-state index contributed by atoms with van der Waals surface area (Å²) in [7, 11) is 0. The number of nitrogens with one attached hydrogen (secondary N) is 1. The second-order valence-corrected chi connectivity index (χ2v) is 4.20. The lowest BCUT2D eigenvalue weighted by Crippen LogP contribution is -2.23. The summed E-state index contributed by atoms with van der Waals surface area (Å²) in [5, 5.41) is 19.8. The molecular formula is C13H16N2O4. The summed E-state index contributed by atoms with van der Waals surface area (Å²) in [5.74, 6) is -0.531. The molecule has 0 spiro atoms. The predicted octanol–water partition coefficient (Wildman–Crippen LogP) is 0.910. The SMILES string of the molecule is CCOC(=O)CC(O)C(O)c1ccc2nc[nH]c2c1. The van der Waals surface area contributed by atoms with Crippen molar-refractivity contribution in [2.24, 2.45) is 0 Å². The fourth-order valence-corrected chi connectivity index (χ4v) is 1.86. The van der Waals surface area contributed by atoms with E-state index in [4.69, 9.17) is 4.74 Å². The standard InChI is InChI=1S/C13H16N2O4/c1-2-19-12(17)6-11(16)13(18)8-3-4-9-10(5-8)15-7-14-9/h3-5,7,11,13,16,18H,2,6H2,1H3,(H,14,15). The number of benzene rings is 1. The lowest BCUT2D eigenvalue weighted by Gasteiger charge is -2.17. The van der Waals surface area contributed by atoms with Crippen LogP contribution in [0, 0.1) is 0 Å². The number of aromatic nitrogens is 2. The number of fused-ring (bicyclic) bond motifs is 1. The Balaban J connectivity index is 2.09. The molecule has 102 valence electrons. The number of rotatable bonds is 5. The zero-order valence-corrected chi connectivity index (χ0v) is 10.5. The van der Waals surface area contributed by atoms with Gasteiger partial charge < -0.3 is 19.9 Å². The van der Waals surface area contributed by atoms with E-state index in [2.05, 4.69) is 9.97 Å². The third-order valence-corrected chi connectivity index (χ3v) is 2.83. The average molecular weight is 264 g/mol. The summed E-state index contributed by atoms with van der Waals surface area (Å²) in [6.07, 6.45) is -1.03. The molecule has 0 bridgehead atoms. The van der Waals surface area contributed by atoms with Crippen LogP contribution in [0.15, 0.2) is 24.5 Å². The molecule has 0 saturated carbocycles. The summed E-state index contributed by atoms with van der Waals surface area (Å²) in [5.41, 5.74) is 2.06. The average Bonchev–Trinajstić information content (AvgIpc) is 2.85. The minimum absolute atomic E-state index is 0.240. The highest BCUT2D eigenvalue weighted by atomic mass is 16.5. The molecule has 0 aliphatic heterocycles. The number of hydrogen-bond acceptors (Lipinski definition) is 5. The van der Waals surface area contributed by atoms with E-state index >= 15 is 0 Å². The van der Waals surface area contributed by atoms with E-state index in [9.17, 15) is 15.0 Å². The molecular weight excluding hydrogens is 248 g/mol. The molecule has 1 heterocycles. The van der Waals surface area contributed by atoms with Gasteiger partial charge in [-0.2, -0.15) is 0 Å². The first-order valence-electron chi connectivity index (χ1n) is 6.06. The van der Waals surface area contributed by atoms with Gasteiger partial charge in [0.25, 0.3) is 0 Å². The fraction of sp³-hybridized carbons (Fsp3) is 0.385. The van der Waals surface area contributed by atoms with Crippen molar-refractivity contribution in [2.75, 3.05) is 6.61 Å². The Morgan fingerprint density at radius 2 is 2.26 bits per heavy atom. The molecule has 6 nitrogen and oxygen atoms in total. The van der Waals surface area contributed by atoms with Gasteiger partial charge in [0.1, 0.15) is 6.10 Å². The van der Waals surface area contributed by atoms with Crippen LogP contribution in [-0.2, 0) is 9.53 Å². The summed E-state index contributed by atoms with van der Waals surface area (Å²) >= 11 is 0. The fourth-order valence-electron chi connectivity index (χ4n) is 1.86. The van der Waals surface area contributed by atoms with Crippen LogP contribution in [0.4, 0.5) is 0 Å². The quantitative estimate of drug-likeness (QED) is 0.698. The summed E-state index contributed by atoms with van der Waals surface area (Å²) in [6, 6.07) is 5.10. The van der Waals surface area contributed by atoms with E-state index in [1.54, 1.807) is 31.5 Å². The monoisotopic (exact) mass is 264 g/mol. The van der Waals surface area contributed by atoms with Gasteiger partial charge >= 0.3 is 5.97 Å². The third-order valence-electron chi connectivity index (χ3n) is 2.83. The Bertz CT molecular complexity index is 567. The number of esters is 1. The number of carbonyl (C=O) groups is 1. The van der Waals surface area contributed by atoms with Gasteiger partial charge in [-0.05, 0) is 24.6 Å². The zero-order valence-electron chi connectivity index (χ0n) is 10.5. The molecule has 2 rings (SSSR count). The van der Waals surface area contributed by atoms with Crippen LogP contribution >= 0.6 is 0 Å². The summed E-state index contributed by atoms with van der Waals surface area (Å²) in [6.45, 7) is 1.94. The van der Waals surface area contributed by atoms with E-state index in [0.29, 0.717) is 5.56 Å². The Hall–Kier alpha value is -1.92. The minimum Gasteiger partial charge on any atom is -0.466 e. The van der Waals surface area contributed by atoms with Crippen LogP contribution in [0.25, 0.3) is 11.0 Å². The summed E-state index contributed by atoms with van der Waals surface area (Å²) < 4.78 is 4.73. The molecule has 0 radical (unpaired) electrons. The number of nitrogens with zero attached hydrogens (tertiary/aromatic N) is 1. The highest BCUT2D eigenvalue weighted by molar-refractivity contribution is 5.75. The van der Waals surface area contributed by atoms with Crippen LogP contribution in [0.1, 0.15) is 25.0 Å². The zero-order chi connectivity index (χ0) is 13.8. The molecule has 0 amide bonds. The van der Waals surface area contributed by atoms with Gasteiger partial charge in [0.15, 0.2) is 0 Å². The number of imidazole rings is 1. The van der Waals surface area contributed by atoms with Crippen LogP contribution in [0.5, 0.6) is 0 Å². The number of hydrogen-bond donors (Lipinski definition) is 3. The first-order chi connectivity index (χ1) is 9.11. The van der Waals surface area contributed by atoms with Gasteiger partial charge in [-0.3, -0.25) is 4.79 Å². The Kier molecular flexibility index (Phi) is 4.13. The Morgan fingerprint density at radius 3 is 3.00 bits per heavy atom. The van der Waals surface area contributed by atoms with Gasteiger partial charge in [-0.25, -0.2) is 4.98 Å². The van der Waals surface area contributed by atoms with Crippen LogP contribution in [0.3, 0.4) is 0 Å². The van der Waals surface area contributed by atoms with Gasteiger partial charge in [-0.15, -0.1) is 0 Å². The number of ether oxygens (including phenoxy) is 1. The molecule has 0 aliphatic carbocycles. The third kappa shape index (κ3) is 3.10. The molecule has 2 aromatic rings. The molecule has 2 unspecified atom stereocenters. The molecule has 1 aromatic heterocycles. The van der Waals surface area contributed by atoms with Crippen LogP contribution in [-0.4, -0.2) is 38.9 Å². The highest BCUT2D eigenvalue weighted by Gasteiger charge is 2.22. The number of aliphatic hydroxyl groups is 2. The van der Waals surface area contributed by atoms with Crippen molar-refractivity contribution in [3.63, 3.8) is 0 Å². The highest BCUT2D eigenvalue weighted by Crippen LogP contribution is 2.22. The number of aliphatic hydroxyl groups excluding tert-OH is 2. The van der Waals surface area contributed by atoms with E-state index in [0.717, 1.165) is 11.0 Å². The van der Waals surface area contributed by atoms with E-state index in [-0.39, 0.29) is 13.0 Å². The molecule has 6 heteroatoms. The van der Waals surface area contributed by atoms with Crippen molar-refractivity contribution in [1.82, 2.24) is 9.97 Å². The molecule has 0 aliphatic rings. The van der Waals surface area contributed by atoms with Crippen molar-refractivity contribution in [3.8, 4) is 0 Å². The maximum Gasteiger partial charge on any atom is 0.308 e. The lowest BCUT2D eigenvalue weighted by molar-refractivity contribution is -0.147. The molecule has 0 saturated heterocycles. The van der Waals surface area contributed by atoms with Crippen molar-refractivity contribution < 1.29 is 19.7 Å². The van der Waals surface area contributed by atoms with Crippen LogP contribution < -0.4 is 0 Å². The largest absolute Gasteiger partial charge is 0.466 e. The van der Waals surface area contributed by atoms with Crippen molar-refractivity contribution >= 4 is 17.0 Å². The number of H-pyrrole nitrogens is 1. The molecule has 19 heavy (non-hydrogen) atoms. The van der Waals surface area contributed by atoms with Crippen LogP contribution in [0.2, 0.25) is 0 Å². The molecule has 3 N–H and O–H groups in total. The smallest absolute Gasteiger partial charge is 0.308 e. The lowest BCUT2D eigenvalue weighted by atomic mass is 10.0. The van der Waals surface area contributed by atoms with Crippen molar-refractivity contribution in [2.45, 2.75) is 25.6 Å². The maximum atomic E-state index is 11.3. The molecule has 2 atom stereocenters. The number of aromatic amines is 1. The summed E-state index contributed by atoms with van der Waals surface area (Å²) in [4.78, 5) is 18.2. The second-order valence-electron chi connectivity index (χ2n) is 4.20. The number of carbonyl (C=O) groups excluding carboxylic acids is 1. The first-order valence-corrected chi connectivity index (χ1v) is 6.06. The maximum absolute atomic E-state index is 11.3. The molecule has 1 aromatic carbocycles. The second kappa shape index (κ2) is 5.81. The minimum atomic E-state index is -1.19. The topological polar surface area (TPSA) is 95.4 Å². The Labute approximate surface area is 110 Å². The van der Waals surface area contributed by atoms with E-state index in [1.807, 2.05) is 0 Å². The van der Waals surface area contributed by atoms with Gasteiger partial charge in [-0.1, -0.05) is 6.07 Å². The Morgan fingerprint density at radius 1 is 1.47 bits per heavy atom.